The number of para-hydroxylation sites is 1. The number of benzene rings is 1. The van der Waals surface area contributed by atoms with E-state index < -0.39 is 0 Å². The SMILES string of the molecule is CCN(CCCCNC)c1ccccc1. The van der Waals surface area contributed by atoms with Gasteiger partial charge in [-0.2, -0.15) is 0 Å². The van der Waals surface area contributed by atoms with E-state index in [0.717, 1.165) is 19.6 Å². The third-order valence-electron chi connectivity index (χ3n) is 2.61. The summed E-state index contributed by atoms with van der Waals surface area (Å²) in [5, 5.41) is 3.18. The minimum absolute atomic E-state index is 1.09. The molecule has 1 aromatic rings. The molecular weight excluding hydrogens is 184 g/mol. The summed E-state index contributed by atoms with van der Waals surface area (Å²) < 4.78 is 0. The van der Waals surface area contributed by atoms with Gasteiger partial charge in [-0.1, -0.05) is 18.2 Å². The van der Waals surface area contributed by atoms with Crippen molar-refractivity contribution < 1.29 is 0 Å². The van der Waals surface area contributed by atoms with Gasteiger partial charge in [-0.05, 0) is 45.5 Å². The topological polar surface area (TPSA) is 15.3 Å². The average Bonchev–Trinajstić information content (AvgIpc) is 2.30. The van der Waals surface area contributed by atoms with Gasteiger partial charge >= 0.3 is 0 Å². The number of nitrogens with zero attached hydrogens (tertiary/aromatic N) is 1. The molecule has 2 heteroatoms. The largest absolute Gasteiger partial charge is 0.372 e. The fourth-order valence-electron chi connectivity index (χ4n) is 1.71. The van der Waals surface area contributed by atoms with Crippen molar-refractivity contribution >= 4 is 5.69 Å². The van der Waals surface area contributed by atoms with Crippen molar-refractivity contribution in [3.05, 3.63) is 30.3 Å². The quantitative estimate of drug-likeness (QED) is 0.690. The Labute approximate surface area is 93.3 Å². The Morgan fingerprint density at radius 1 is 1.13 bits per heavy atom. The summed E-state index contributed by atoms with van der Waals surface area (Å²) in [6.07, 6.45) is 2.50. The van der Waals surface area contributed by atoms with Gasteiger partial charge in [0.1, 0.15) is 0 Å². The van der Waals surface area contributed by atoms with E-state index >= 15 is 0 Å². The average molecular weight is 206 g/mol. The number of rotatable bonds is 7. The van der Waals surface area contributed by atoms with Crippen LogP contribution in [0.3, 0.4) is 0 Å². The van der Waals surface area contributed by atoms with Crippen molar-refractivity contribution in [2.45, 2.75) is 19.8 Å². The lowest BCUT2D eigenvalue weighted by Crippen LogP contribution is -2.24. The summed E-state index contributed by atoms with van der Waals surface area (Å²) in [6.45, 7) is 5.57. The minimum Gasteiger partial charge on any atom is -0.372 e. The monoisotopic (exact) mass is 206 g/mol. The van der Waals surface area contributed by atoms with E-state index in [-0.39, 0.29) is 0 Å². The molecule has 1 rings (SSSR count). The van der Waals surface area contributed by atoms with Gasteiger partial charge in [0.05, 0.1) is 0 Å². The lowest BCUT2D eigenvalue weighted by molar-refractivity contribution is 0.658. The molecule has 0 saturated carbocycles. The molecule has 1 N–H and O–H groups in total. The summed E-state index contributed by atoms with van der Waals surface area (Å²) in [5.41, 5.74) is 1.34. The van der Waals surface area contributed by atoms with Crippen LogP contribution in [-0.4, -0.2) is 26.7 Å². The van der Waals surface area contributed by atoms with Crippen molar-refractivity contribution in [1.82, 2.24) is 5.32 Å². The molecule has 0 heterocycles. The molecule has 0 amide bonds. The summed E-state index contributed by atoms with van der Waals surface area (Å²) in [4.78, 5) is 2.43. The van der Waals surface area contributed by atoms with Crippen LogP contribution in [0.5, 0.6) is 0 Å². The Morgan fingerprint density at radius 3 is 2.47 bits per heavy atom. The normalized spacial score (nSPS) is 10.3. The number of hydrogen-bond donors (Lipinski definition) is 1. The molecule has 0 aliphatic rings. The number of nitrogens with one attached hydrogen (secondary N) is 1. The van der Waals surface area contributed by atoms with Crippen molar-refractivity contribution in [1.29, 1.82) is 0 Å². The van der Waals surface area contributed by atoms with Crippen molar-refractivity contribution in [3.8, 4) is 0 Å². The molecule has 84 valence electrons. The molecule has 0 saturated heterocycles. The van der Waals surface area contributed by atoms with Crippen LogP contribution in [0.2, 0.25) is 0 Å². The second-order valence-corrected chi connectivity index (χ2v) is 3.73. The first-order valence-electron chi connectivity index (χ1n) is 5.83. The van der Waals surface area contributed by atoms with Crippen LogP contribution in [0.15, 0.2) is 30.3 Å². The second-order valence-electron chi connectivity index (χ2n) is 3.73. The lowest BCUT2D eigenvalue weighted by atomic mass is 10.2. The van der Waals surface area contributed by atoms with E-state index in [1.54, 1.807) is 0 Å². The first-order chi connectivity index (χ1) is 7.38. The fourth-order valence-corrected chi connectivity index (χ4v) is 1.71. The van der Waals surface area contributed by atoms with Gasteiger partial charge in [-0.25, -0.2) is 0 Å². The Bertz CT molecular complexity index is 246. The highest BCUT2D eigenvalue weighted by Crippen LogP contribution is 2.13. The van der Waals surface area contributed by atoms with E-state index in [4.69, 9.17) is 0 Å². The van der Waals surface area contributed by atoms with Gasteiger partial charge in [0.15, 0.2) is 0 Å². The van der Waals surface area contributed by atoms with Gasteiger partial charge in [0, 0.05) is 18.8 Å². The summed E-state index contributed by atoms with van der Waals surface area (Å²) in [7, 11) is 2.01. The molecular formula is C13H22N2. The predicted octanol–water partition coefficient (Wildman–Crippen LogP) is 2.51. The Hall–Kier alpha value is -1.02. The first-order valence-corrected chi connectivity index (χ1v) is 5.83. The summed E-state index contributed by atoms with van der Waals surface area (Å²) >= 11 is 0. The van der Waals surface area contributed by atoms with E-state index in [2.05, 4.69) is 47.5 Å². The highest BCUT2D eigenvalue weighted by atomic mass is 15.1. The Balaban J connectivity index is 2.36. The molecule has 0 atom stereocenters. The zero-order valence-corrected chi connectivity index (χ0v) is 9.87. The zero-order valence-electron chi connectivity index (χ0n) is 9.87. The third kappa shape index (κ3) is 4.34. The molecule has 0 spiro atoms. The number of hydrogen-bond acceptors (Lipinski definition) is 2. The lowest BCUT2D eigenvalue weighted by Gasteiger charge is -2.22. The second kappa shape index (κ2) is 7.30. The van der Waals surface area contributed by atoms with Gasteiger partial charge < -0.3 is 10.2 Å². The first kappa shape index (κ1) is 12.1. The molecule has 0 unspecified atom stereocenters. The predicted molar refractivity (Wildman–Crippen MR) is 67.5 cm³/mol. The van der Waals surface area contributed by atoms with Crippen LogP contribution >= 0.6 is 0 Å². The van der Waals surface area contributed by atoms with E-state index in [1.807, 2.05) is 7.05 Å². The molecule has 0 bridgehead atoms. The number of unbranched alkanes of at least 4 members (excludes halogenated alkanes) is 1. The summed E-state index contributed by atoms with van der Waals surface area (Å²) in [5.74, 6) is 0. The molecule has 0 aliphatic carbocycles. The Kier molecular flexibility index (Phi) is 5.86. The van der Waals surface area contributed by atoms with E-state index in [1.165, 1.54) is 18.5 Å². The zero-order chi connectivity index (χ0) is 10.9. The highest BCUT2D eigenvalue weighted by molar-refractivity contribution is 5.45. The molecule has 0 aliphatic heterocycles. The van der Waals surface area contributed by atoms with Crippen LogP contribution in [-0.2, 0) is 0 Å². The maximum atomic E-state index is 3.18. The molecule has 0 fully saturated rings. The van der Waals surface area contributed by atoms with Gasteiger partial charge in [-0.15, -0.1) is 0 Å². The van der Waals surface area contributed by atoms with Crippen LogP contribution < -0.4 is 10.2 Å². The highest BCUT2D eigenvalue weighted by Gasteiger charge is 2.01. The third-order valence-corrected chi connectivity index (χ3v) is 2.61. The van der Waals surface area contributed by atoms with Crippen molar-refractivity contribution in [2.75, 3.05) is 31.6 Å². The number of anilines is 1. The summed E-state index contributed by atoms with van der Waals surface area (Å²) in [6, 6.07) is 10.6. The fraction of sp³-hybridized carbons (Fsp3) is 0.538. The van der Waals surface area contributed by atoms with Crippen LogP contribution in [0.25, 0.3) is 0 Å². The van der Waals surface area contributed by atoms with Crippen molar-refractivity contribution in [2.24, 2.45) is 0 Å². The molecule has 1 aromatic carbocycles. The Morgan fingerprint density at radius 2 is 1.87 bits per heavy atom. The van der Waals surface area contributed by atoms with E-state index in [0.29, 0.717) is 0 Å². The van der Waals surface area contributed by atoms with Crippen molar-refractivity contribution in [3.63, 3.8) is 0 Å². The smallest absolute Gasteiger partial charge is 0.0366 e. The van der Waals surface area contributed by atoms with Crippen LogP contribution in [0, 0.1) is 0 Å². The molecule has 2 nitrogen and oxygen atoms in total. The van der Waals surface area contributed by atoms with Gasteiger partial charge in [-0.3, -0.25) is 0 Å². The molecule has 15 heavy (non-hydrogen) atoms. The van der Waals surface area contributed by atoms with Gasteiger partial charge in [0.25, 0.3) is 0 Å². The van der Waals surface area contributed by atoms with E-state index in [9.17, 15) is 0 Å². The van der Waals surface area contributed by atoms with Crippen LogP contribution in [0.1, 0.15) is 19.8 Å². The maximum absolute atomic E-state index is 3.18. The minimum atomic E-state index is 1.09. The molecule has 0 radical (unpaired) electrons. The standard InChI is InChI=1S/C13H22N2/c1-3-15(12-8-7-11-14-2)13-9-5-4-6-10-13/h4-6,9-10,14H,3,7-8,11-12H2,1-2H3. The van der Waals surface area contributed by atoms with Gasteiger partial charge in [0.2, 0.25) is 0 Å². The van der Waals surface area contributed by atoms with Crippen LogP contribution in [0.4, 0.5) is 5.69 Å². The molecule has 0 aromatic heterocycles. The maximum Gasteiger partial charge on any atom is 0.0366 e.